The van der Waals surface area contributed by atoms with Gasteiger partial charge in [0.1, 0.15) is 0 Å². The molecule has 142 valence electrons. The van der Waals surface area contributed by atoms with Crippen LogP contribution in [0.4, 0.5) is 10.8 Å². The van der Waals surface area contributed by atoms with Gasteiger partial charge in [-0.05, 0) is 12.1 Å². The molecule has 0 atom stereocenters. The summed E-state index contributed by atoms with van der Waals surface area (Å²) in [6, 6.07) is 9.66. The number of hydrogen-bond acceptors (Lipinski definition) is 7. The molecule has 0 saturated heterocycles. The smallest absolute Gasteiger partial charge is 0.269 e. The van der Waals surface area contributed by atoms with Crippen molar-refractivity contribution in [3.05, 3.63) is 30.3 Å². The van der Waals surface area contributed by atoms with Crippen LogP contribution in [0.1, 0.15) is 20.8 Å². The fourth-order valence-corrected chi connectivity index (χ4v) is 3.83. The van der Waals surface area contributed by atoms with Gasteiger partial charge in [0.2, 0.25) is 15.4 Å². The zero-order valence-electron chi connectivity index (χ0n) is 15.2. The van der Waals surface area contributed by atoms with Gasteiger partial charge in [0, 0.05) is 31.2 Å². The van der Waals surface area contributed by atoms with Gasteiger partial charge in [-0.2, -0.15) is 0 Å². The van der Waals surface area contributed by atoms with Crippen molar-refractivity contribution in [3.8, 4) is 0 Å². The van der Waals surface area contributed by atoms with Gasteiger partial charge in [0.05, 0.1) is 0 Å². The number of nitrogens with zero attached hydrogens (tertiary/aromatic N) is 3. The molecular weight excluding hydrogens is 374 g/mol. The Kier molecular flexibility index (Phi) is 6.32. The van der Waals surface area contributed by atoms with Crippen LogP contribution in [0.5, 0.6) is 0 Å². The highest BCUT2D eigenvalue weighted by Crippen LogP contribution is 2.22. The molecule has 0 aliphatic carbocycles. The van der Waals surface area contributed by atoms with Crippen molar-refractivity contribution in [1.82, 2.24) is 14.9 Å². The molecular formula is C16H23N5O3S2. The second kappa shape index (κ2) is 8.11. The van der Waals surface area contributed by atoms with Gasteiger partial charge in [-0.15, -0.1) is 10.2 Å². The van der Waals surface area contributed by atoms with E-state index in [1.807, 2.05) is 42.3 Å². The van der Waals surface area contributed by atoms with E-state index in [-0.39, 0.29) is 21.9 Å². The fourth-order valence-electron chi connectivity index (χ4n) is 1.87. The SMILES string of the molecule is CN(CCNS(=O)(=O)c1nnc(NC(=O)C(C)(C)C)s1)c1ccccc1. The Labute approximate surface area is 157 Å². The average Bonchev–Trinajstić information content (AvgIpc) is 3.04. The third-order valence-electron chi connectivity index (χ3n) is 3.47. The summed E-state index contributed by atoms with van der Waals surface area (Å²) in [4.78, 5) is 13.9. The molecule has 10 heteroatoms. The highest BCUT2D eigenvalue weighted by atomic mass is 32.2. The van der Waals surface area contributed by atoms with E-state index in [0.29, 0.717) is 6.54 Å². The van der Waals surface area contributed by atoms with E-state index in [4.69, 9.17) is 0 Å². The average molecular weight is 398 g/mol. The van der Waals surface area contributed by atoms with Crippen LogP contribution in [0.2, 0.25) is 0 Å². The van der Waals surface area contributed by atoms with Crippen LogP contribution in [0, 0.1) is 5.41 Å². The molecule has 1 aromatic carbocycles. The summed E-state index contributed by atoms with van der Waals surface area (Å²) < 4.78 is 26.9. The van der Waals surface area contributed by atoms with Crippen molar-refractivity contribution >= 4 is 38.1 Å². The second-order valence-electron chi connectivity index (χ2n) is 6.73. The Balaban J connectivity index is 1.93. The van der Waals surface area contributed by atoms with E-state index in [1.54, 1.807) is 20.8 Å². The lowest BCUT2D eigenvalue weighted by Crippen LogP contribution is -2.33. The maximum atomic E-state index is 12.3. The summed E-state index contributed by atoms with van der Waals surface area (Å²) in [7, 11) is -1.89. The third kappa shape index (κ3) is 5.48. The van der Waals surface area contributed by atoms with Gasteiger partial charge in [0.15, 0.2) is 0 Å². The van der Waals surface area contributed by atoms with Crippen molar-refractivity contribution in [2.75, 3.05) is 30.4 Å². The number of carbonyl (C=O) groups excluding carboxylic acids is 1. The first-order valence-corrected chi connectivity index (χ1v) is 10.3. The number of carbonyl (C=O) groups is 1. The van der Waals surface area contributed by atoms with Gasteiger partial charge in [-0.1, -0.05) is 50.3 Å². The highest BCUT2D eigenvalue weighted by molar-refractivity contribution is 7.91. The number of anilines is 2. The summed E-state index contributed by atoms with van der Waals surface area (Å²) in [6.07, 6.45) is 0. The summed E-state index contributed by atoms with van der Waals surface area (Å²) in [5, 5.41) is 10.1. The van der Waals surface area contributed by atoms with Crippen molar-refractivity contribution in [2.45, 2.75) is 25.1 Å². The summed E-state index contributed by atoms with van der Waals surface area (Å²) >= 11 is 0.821. The molecule has 1 aromatic heterocycles. The molecule has 26 heavy (non-hydrogen) atoms. The van der Waals surface area contributed by atoms with Gasteiger partial charge >= 0.3 is 0 Å². The Bertz CT molecular complexity index is 844. The number of likely N-dealkylation sites (N-methyl/N-ethyl adjacent to an activating group) is 1. The maximum Gasteiger partial charge on any atom is 0.269 e. The number of rotatable bonds is 7. The number of nitrogens with one attached hydrogen (secondary N) is 2. The number of para-hydroxylation sites is 1. The zero-order valence-corrected chi connectivity index (χ0v) is 16.8. The minimum Gasteiger partial charge on any atom is -0.373 e. The molecule has 0 radical (unpaired) electrons. The van der Waals surface area contributed by atoms with Crippen molar-refractivity contribution in [1.29, 1.82) is 0 Å². The van der Waals surface area contributed by atoms with E-state index in [0.717, 1.165) is 17.0 Å². The molecule has 2 rings (SSSR count). The van der Waals surface area contributed by atoms with Gasteiger partial charge in [0.25, 0.3) is 10.0 Å². The maximum absolute atomic E-state index is 12.3. The predicted molar refractivity (Wildman–Crippen MR) is 103 cm³/mol. The van der Waals surface area contributed by atoms with Crippen LogP contribution in [0.3, 0.4) is 0 Å². The summed E-state index contributed by atoms with van der Waals surface area (Å²) in [6.45, 7) is 5.98. The molecule has 8 nitrogen and oxygen atoms in total. The fraction of sp³-hybridized carbons (Fsp3) is 0.438. The molecule has 1 amide bonds. The zero-order chi connectivity index (χ0) is 19.4. The number of sulfonamides is 1. The van der Waals surface area contributed by atoms with Crippen LogP contribution in [-0.2, 0) is 14.8 Å². The van der Waals surface area contributed by atoms with Crippen LogP contribution in [0.25, 0.3) is 0 Å². The number of hydrogen-bond donors (Lipinski definition) is 2. The van der Waals surface area contributed by atoms with Gasteiger partial charge in [-0.25, -0.2) is 13.1 Å². The third-order valence-corrected chi connectivity index (χ3v) is 6.14. The Morgan fingerprint density at radius 2 is 1.85 bits per heavy atom. The molecule has 0 saturated carbocycles. The summed E-state index contributed by atoms with van der Waals surface area (Å²) in [5.74, 6) is -0.255. The molecule has 0 aliphatic rings. The molecule has 0 spiro atoms. The van der Waals surface area contributed by atoms with Crippen LogP contribution in [-0.4, -0.2) is 44.7 Å². The number of benzene rings is 1. The topological polar surface area (TPSA) is 104 Å². The van der Waals surface area contributed by atoms with Crippen molar-refractivity contribution in [2.24, 2.45) is 5.41 Å². The van der Waals surface area contributed by atoms with E-state index in [1.165, 1.54) is 0 Å². The molecule has 0 fully saturated rings. The van der Waals surface area contributed by atoms with Gasteiger partial charge < -0.3 is 10.2 Å². The molecule has 0 unspecified atom stereocenters. The Morgan fingerprint density at radius 3 is 2.46 bits per heavy atom. The number of aromatic nitrogens is 2. The molecule has 2 aromatic rings. The quantitative estimate of drug-likeness (QED) is 0.692. The highest BCUT2D eigenvalue weighted by Gasteiger charge is 2.25. The van der Waals surface area contributed by atoms with E-state index in [2.05, 4.69) is 20.2 Å². The normalized spacial score (nSPS) is 12.0. The Morgan fingerprint density at radius 1 is 1.19 bits per heavy atom. The summed E-state index contributed by atoms with van der Waals surface area (Å²) in [5.41, 5.74) is 0.389. The molecule has 0 bridgehead atoms. The first-order valence-electron chi connectivity index (χ1n) is 8.00. The van der Waals surface area contributed by atoms with Gasteiger partial charge in [-0.3, -0.25) is 4.79 Å². The molecule has 1 heterocycles. The standard InChI is InChI=1S/C16H23N5O3S2/c1-16(2,3)13(22)18-14-19-20-15(25-14)26(23,24)17-10-11-21(4)12-8-6-5-7-9-12/h5-9,17H,10-11H2,1-4H3,(H,18,19,22). The number of amides is 1. The molecule has 0 aliphatic heterocycles. The lowest BCUT2D eigenvalue weighted by Gasteiger charge is -2.19. The van der Waals surface area contributed by atoms with Crippen molar-refractivity contribution < 1.29 is 13.2 Å². The minimum atomic E-state index is -3.77. The van der Waals surface area contributed by atoms with Crippen LogP contribution < -0.4 is 14.9 Å². The van der Waals surface area contributed by atoms with E-state index < -0.39 is 15.4 Å². The minimum absolute atomic E-state index is 0.159. The van der Waals surface area contributed by atoms with E-state index >= 15 is 0 Å². The lowest BCUT2D eigenvalue weighted by molar-refractivity contribution is -0.123. The largest absolute Gasteiger partial charge is 0.373 e. The second-order valence-corrected chi connectivity index (χ2v) is 9.65. The van der Waals surface area contributed by atoms with Crippen molar-refractivity contribution in [3.63, 3.8) is 0 Å². The van der Waals surface area contributed by atoms with Crippen LogP contribution in [0.15, 0.2) is 34.7 Å². The van der Waals surface area contributed by atoms with Crippen LogP contribution >= 0.6 is 11.3 Å². The Hall–Kier alpha value is -2.04. The van der Waals surface area contributed by atoms with E-state index in [9.17, 15) is 13.2 Å². The predicted octanol–water partition coefficient (Wildman–Crippen LogP) is 1.94. The lowest BCUT2D eigenvalue weighted by atomic mass is 9.96. The molecule has 2 N–H and O–H groups in total. The first kappa shape index (κ1) is 20.3. The monoisotopic (exact) mass is 397 g/mol. The first-order chi connectivity index (χ1) is 12.1.